The number of carbonyl (C=O) groups excluding carboxylic acids is 2. The SMILES string of the molecule is N[C@@H](CSSC[C@H](N)C(=O)N1CCn2nc(-c3ccc4c(c3)OCO4)cc2C1CCc1ccccc1)C(=O)N1CCn2nc(-c3ccc4c(c3)OCO4)cc2C1CCc1ccccc1. The van der Waals surface area contributed by atoms with Gasteiger partial charge in [-0.25, -0.2) is 0 Å². The maximum Gasteiger partial charge on any atom is 0.241 e. The minimum Gasteiger partial charge on any atom is -0.454 e. The summed E-state index contributed by atoms with van der Waals surface area (Å²) in [6.45, 7) is 2.51. The number of fused-ring (bicyclic) bond motifs is 4. The second-order valence-electron chi connectivity index (χ2n) is 16.4. The molecule has 0 aliphatic carbocycles. The summed E-state index contributed by atoms with van der Waals surface area (Å²) in [6, 6.07) is 34.6. The average molecular weight is 899 g/mol. The molecule has 10 rings (SSSR count). The van der Waals surface area contributed by atoms with E-state index in [0.29, 0.717) is 49.2 Å². The molecule has 16 heteroatoms. The van der Waals surface area contributed by atoms with Crippen LogP contribution in [-0.2, 0) is 35.5 Å². The van der Waals surface area contributed by atoms with E-state index in [0.717, 1.165) is 71.1 Å². The zero-order valence-corrected chi connectivity index (χ0v) is 36.9. The van der Waals surface area contributed by atoms with Crippen LogP contribution in [0.4, 0.5) is 0 Å². The summed E-state index contributed by atoms with van der Waals surface area (Å²) in [5.74, 6) is 3.38. The maximum atomic E-state index is 14.2. The van der Waals surface area contributed by atoms with Gasteiger partial charge in [-0.1, -0.05) is 82.3 Å². The largest absolute Gasteiger partial charge is 0.454 e. The fourth-order valence-corrected chi connectivity index (χ4v) is 11.3. The Labute approximate surface area is 379 Å². The van der Waals surface area contributed by atoms with E-state index in [9.17, 15) is 9.59 Å². The van der Waals surface area contributed by atoms with E-state index in [1.165, 1.54) is 32.7 Å². The van der Waals surface area contributed by atoms with Gasteiger partial charge in [0.1, 0.15) is 0 Å². The lowest BCUT2D eigenvalue weighted by molar-refractivity contribution is -0.136. The first-order chi connectivity index (χ1) is 31.4. The van der Waals surface area contributed by atoms with Crippen molar-refractivity contribution in [2.45, 2.75) is 62.9 Å². The van der Waals surface area contributed by atoms with Gasteiger partial charge in [-0.15, -0.1) is 0 Å². The summed E-state index contributed by atoms with van der Waals surface area (Å²) in [5, 5.41) is 9.94. The summed E-state index contributed by atoms with van der Waals surface area (Å²) in [7, 11) is 2.96. The molecule has 4 aliphatic heterocycles. The molecule has 0 spiro atoms. The van der Waals surface area contributed by atoms with Gasteiger partial charge >= 0.3 is 0 Å². The number of carbonyl (C=O) groups is 2. The first-order valence-corrected chi connectivity index (χ1v) is 24.2. The number of hydrogen-bond donors (Lipinski definition) is 2. The quantitative estimate of drug-likeness (QED) is 0.0836. The Kier molecular flexibility index (Phi) is 12.2. The molecule has 0 radical (unpaired) electrons. The van der Waals surface area contributed by atoms with E-state index < -0.39 is 12.1 Å². The summed E-state index contributed by atoms with van der Waals surface area (Å²) in [4.78, 5) is 32.3. The monoisotopic (exact) mass is 898 g/mol. The smallest absolute Gasteiger partial charge is 0.241 e. The molecule has 14 nitrogen and oxygen atoms in total. The molecule has 2 aromatic heterocycles. The molecule has 6 heterocycles. The Morgan fingerprint density at radius 1 is 0.562 bits per heavy atom. The summed E-state index contributed by atoms with van der Waals surface area (Å²) < 4.78 is 26.4. The van der Waals surface area contributed by atoms with Crippen molar-refractivity contribution in [3.63, 3.8) is 0 Å². The van der Waals surface area contributed by atoms with Gasteiger partial charge in [0.25, 0.3) is 0 Å². The number of benzene rings is 4. The first-order valence-electron chi connectivity index (χ1n) is 21.8. The van der Waals surface area contributed by atoms with Gasteiger partial charge in [0.2, 0.25) is 25.4 Å². The van der Waals surface area contributed by atoms with Gasteiger partial charge < -0.3 is 40.2 Å². The number of ether oxygens (including phenoxy) is 4. The molecule has 2 amide bonds. The zero-order valence-electron chi connectivity index (χ0n) is 35.3. The fraction of sp³-hybridized carbons (Fsp3) is 0.333. The third kappa shape index (κ3) is 8.79. The van der Waals surface area contributed by atoms with Crippen LogP contribution in [0.25, 0.3) is 22.5 Å². The molecule has 6 aromatic rings. The highest BCUT2D eigenvalue weighted by molar-refractivity contribution is 8.76. The van der Waals surface area contributed by atoms with Crippen molar-refractivity contribution in [3.05, 3.63) is 132 Å². The molecule has 64 heavy (non-hydrogen) atoms. The normalized spacial score (nSPS) is 18.1. The van der Waals surface area contributed by atoms with Crippen LogP contribution in [0.2, 0.25) is 0 Å². The second-order valence-corrected chi connectivity index (χ2v) is 19.0. The van der Waals surface area contributed by atoms with Crippen molar-refractivity contribution in [3.8, 4) is 45.5 Å². The number of rotatable bonds is 15. The molecule has 2 unspecified atom stereocenters. The van der Waals surface area contributed by atoms with E-state index >= 15 is 0 Å². The van der Waals surface area contributed by atoms with Crippen molar-refractivity contribution in [1.82, 2.24) is 29.4 Å². The standard InChI is InChI=1S/C48H50N8O6S2/c49-35(47(57)53-19-21-55-41(39(53)15-11-31-7-3-1-4-8-31)25-37(51-55)33-13-17-43-45(23-33)61-29-59-43)27-63-64-28-36(50)48(58)54-20-22-56-42(40(54)16-12-32-9-5-2-6-10-32)26-38(52-56)34-14-18-44-46(24-34)62-30-60-44/h1-10,13-14,17-18,23-26,35-36,39-40H,11-12,15-16,19-22,27-30,49-50H2/t35-,36-,39?,40?/m0/s1. The van der Waals surface area contributed by atoms with Gasteiger partial charge in [0.05, 0.1) is 60.0 Å². The number of nitrogens with two attached hydrogens (primary N) is 2. The Morgan fingerprint density at radius 3 is 1.42 bits per heavy atom. The number of hydrogen-bond acceptors (Lipinski definition) is 12. The van der Waals surface area contributed by atoms with Crippen LogP contribution in [0.15, 0.2) is 109 Å². The van der Waals surface area contributed by atoms with Crippen LogP contribution in [0.1, 0.15) is 47.4 Å². The summed E-state index contributed by atoms with van der Waals surface area (Å²) in [6.07, 6.45) is 3.02. The van der Waals surface area contributed by atoms with Crippen LogP contribution in [-0.4, -0.2) is 91.4 Å². The summed E-state index contributed by atoms with van der Waals surface area (Å²) in [5.41, 5.74) is 21.2. The minimum absolute atomic E-state index is 0.102. The van der Waals surface area contributed by atoms with Crippen LogP contribution in [0.3, 0.4) is 0 Å². The lowest BCUT2D eigenvalue weighted by Gasteiger charge is -2.38. The predicted molar refractivity (Wildman–Crippen MR) is 247 cm³/mol. The highest BCUT2D eigenvalue weighted by Crippen LogP contribution is 2.40. The molecule has 4 aliphatic rings. The van der Waals surface area contributed by atoms with Gasteiger partial charge in [-0.3, -0.25) is 19.0 Å². The summed E-state index contributed by atoms with van der Waals surface area (Å²) >= 11 is 0. The van der Waals surface area contributed by atoms with Gasteiger partial charge in [0, 0.05) is 35.7 Å². The van der Waals surface area contributed by atoms with Crippen molar-refractivity contribution >= 4 is 33.4 Å². The Bertz CT molecular complexity index is 2450. The van der Waals surface area contributed by atoms with Crippen molar-refractivity contribution in [2.24, 2.45) is 11.5 Å². The molecular formula is C48H50N8O6S2. The zero-order chi connectivity index (χ0) is 43.6. The van der Waals surface area contributed by atoms with E-state index in [1.807, 2.05) is 92.0 Å². The lowest BCUT2D eigenvalue weighted by atomic mass is 9.98. The van der Waals surface area contributed by atoms with E-state index in [2.05, 4.69) is 36.4 Å². The Balaban J connectivity index is 0.786. The maximum absolute atomic E-state index is 14.2. The molecule has 0 bridgehead atoms. The fourth-order valence-electron chi connectivity index (χ4n) is 9.03. The molecule has 4 aromatic carbocycles. The van der Waals surface area contributed by atoms with E-state index in [1.54, 1.807) is 0 Å². The minimum atomic E-state index is -0.741. The van der Waals surface area contributed by atoms with Crippen LogP contribution in [0, 0.1) is 0 Å². The van der Waals surface area contributed by atoms with Gasteiger partial charge in [-0.05, 0) is 85.3 Å². The molecule has 4 N–H and O–H groups in total. The highest BCUT2D eigenvalue weighted by atomic mass is 33.1. The topological polar surface area (TPSA) is 165 Å². The lowest BCUT2D eigenvalue weighted by Crippen LogP contribution is -2.50. The molecule has 0 saturated heterocycles. The molecular weight excluding hydrogens is 849 g/mol. The van der Waals surface area contributed by atoms with Gasteiger partial charge in [-0.2, -0.15) is 10.2 Å². The number of aryl methyl sites for hydroxylation is 2. The third-order valence-corrected chi connectivity index (χ3v) is 14.9. The third-order valence-electron chi connectivity index (χ3n) is 12.4. The van der Waals surface area contributed by atoms with Gasteiger partial charge in [0.15, 0.2) is 23.0 Å². The molecule has 0 fully saturated rings. The second kappa shape index (κ2) is 18.6. The Hall–Kier alpha value is -5.94. The Morgan fingerprint density at radius 2 is 0.984 bits per heavy atom. The number of amides is 2. The molecule has 330 valence electrons. The average Bonchev–Trinajstić information content (AvgIpc) is 4.17. The molecule has 4 atom stereocenters. The van der Waals surface area contributed by atoms with Crippen LogP contribution in [0.5, 0.6) is 23.0 Å². The first kappa shape index (κ1) is 42.0. The van der Waals surface area contributed by atoms with Crippen molar-refractivity contribution in [2.75, 3.05) is 38.2 Å². The van der Waals surface area contributed by atoms with E-state index in [-0.39, 0.29) is 37.5 Å². The number of nitrogens with zero attached hydrogens (tertiary/aromatic N) is 6. The van der Waals surface area contributed by atoms with Crippen molar-refractivity contribution < 1.29 is 28.5 Å². The highest BCUT2D eigenvalue weighted by Gasteiger charge is 2.37. The van der Waals surface area contributed by atoms with Crippen LogP contribution >= 0.6 is 21.6 Å². The van der Waals surface area contributed by atoms with Crippen LogP contribution < -0.4 is 30.4 Å². The predicted octanol–water partition coefficient (Wildman–Crippen LogP) is 6.64. The van der Waals surface area contributed by atoms with Crippen molar-refractivity contribution in [1.29, 1.82) is 0 Å². The molecule has 0 saturated carbocycles. The number of aromatic nitrogens is 4. The van der Waals surface area contributed by atoms with E-state index in [4.69, 9.17) is 40.6 Å².